The number of aryl methyl sites for hydroxylation is 1. The van der Waals surface area contributed by atoms with Crippen LogP contribution in [-0.2, 0) is 30.0 Å². The maximum atomic E-state index is 12.1. The van der Waals surface area contributed by atoms with Gasteiger partial charge in [0.2, 0.25) is 0 Å². The van der Waals surface area contributed by atoms with Gasteiger partial charge in [0.1, 0.15) is 0 Å². The molecule has 0 bridgehead atoms. The third kappa shape index (κ3) is 4.84. The molecule has 0 radical (unpaired) electrons. The van der Waals surface area contributed by atoms with Crippen molar-refractivity contribution in [2.45, 2.75) is 30.8 Å². The van der Waals surface area contributed by atoms with E-state index in [1.54, 1.807) is 25.8 Å². The van der Waals surface area contributed by atoms with Crippen LogP contribution in [0.25, 0.3) is 0 Å². The van der Waals surface area contributed by atoms with Gasteiger partial charge in [0.25, 0.3) is 10.0 Å². The quantitative estimate of drug-likeness (QED) is 0.634. The predicted molar refractivity (Wildman–Crippen MR) is 106 cm³/mol. The summed E-state index contributed by atoms with van der Waals surface area (Å²) in [5.74, 6) is 1.53. The Kier molecular flexibility index (Phi) is 6.58. The Morgan fingerprint density at radius 3 is 2.50 bits per heavy atom. The van der Waals surface area contributed by atoms with Crippen LogP contribution >= 0.6 is 0 Å². The number of benzene rings is 1. The molecule has 154 valence electrons. The number of fused-ring (bicyclic) bond motifs is 1. The van der Waals surface area contributed by atoms with E-state index in [2.05, 4.69) is 26.7 Å². The Labute approximate surface area is 166 Å². The molecule has 8 nitrogen and oxygen atoms in total. The van der Waals surface area contributed by atoms with Crippen molar-refractivity contribution in [2.24, 2.45) is 7.05 Å². The lowest BCUT2D eigenvalue weighted by molar-refractivity contribution is 0.248. The van der Waals surface area contributed by atoms with E-state index in [0.717, 1.165) is 50.4 Å². The van der Waals surface area contributed by atoms with Gasteiger partial charge in [0.15, 0.2) is 16.5 Å². The molecule has 9 heteroatoms. The van der Waals surface area contributed by atoms with Gasteiger partial charge in [-0.25, -0.2) is 18.1 Å². The van der Waals surface area contributed by atoms with E-state index in [9.17, 15) is 8.42 Å². The monoisotopic (exact) mass is 408 g/mol. The summed E-state index contributed by atoms with van der Waals surface area (Å²) in [5, 5.41) is 0.0620. The van der Waals surface area contributed by atoms with E-state index < -0.39 is 10.0 Å². The lowest BCUT2D eigenvalue weighted by Gasteiger charge is -2.29. The molecule has 0 amide bonds. The summed E-state index contributed by atoms with van der Waals surface area (Å²) in [4.78, 5) is 6.28. The molecule has 0 atom stereocenters. The fourth-order valence-electron chi connectivity index (χ4n) is 3.40. The van der Waals surface area contributed by atoms with E-state index in [1.807, 2.05) is 0 Å². The molecular weight excluding hydrogens is 380 g/mol. The number of aromatic nitrogens is 2. The number of ether oxygens (including phenoxy) is 2. The summed E-state index contributed by atoms with van der Waals surface area (Å²) in [6.45, 7) is 3.20. The third-order valence-electron chi connectivity index (χ3n) is 4.95. The molecule has 2 aromatic rings. The standard InChI is InChI=1S/C19H28N4O4S/c1-22-13-19(20-14-22)28(24,25)21-7-4-5-8-23-9-6-15-10-17(26-2)18(27-3)11-16(15)12-23/h10-11,13-14,21H,4-9,12H2,1-3H3. The van der Waals surface area contributed by atoms with Gasteiger partial charge in [-0.3, -0.25) is 4.90 Å². The first-order valence-electron chi connectivity index (χ1n) is 9.36. The maximum Gasteiger partial charge on any atom is 0.259 e. The van der Waals surface area contributed by atoms with E-state index in [4.69, 9.17) is 9.47 Å². The lowest BCUT2D eigenvalue weighted by atomic mass is 9.98. The zero-order valence-corrected chi connectivity index (χ0v) is 17.5. The van der Waals surface area contributed by atoms with Crippen molar-refractivity contribution in [3.05, 3.63) is 35.8 Å². The highest BCUT2D eigenvalue weighted by atomic mass is 32.2. The van der Waals surface area contributed by atoms with Gasteiger partial charge in [0.05, 0.1) is 20.5 Å². The minimum atomic E-state index is -3.52. The Morgan fingerprint density at radius 2 is 1.86 bits per heavy atom. The molecule has 28 heavy (non-hydrogen) atoms. The summed E-state index contributed by atoms with van der Waals surface area (Å²) in [6, 6.07) is 4.12. The Morgan fingerprint density at radius 1 is 1.14 bits per heavy atom. The van der Waals surface area contributed by atoms with Crippen LogP contribution in [0.4, 0.5) is 0 Å². The molecule has 0 fully saturated rings. The number of hydrogen-bond donors (Lipinski definition) is 1. The summed E-state index contributed by atoms with van der Waals surface area (Å²) in [5.41, 5.74) is 2.57. The molecule has 0 spiro atoms. The molecular formula is C19H28N4O4S. The SMILES string of the molecule is COc1cc2c(cc1OC)CN(CCCCNS(=O)(=O)c1cn(C)cn1)CC2. The topological polar surface area (TPSA) is 85.7 Å². The highest BCUT2D eigenvalue weighted by Gasteiger charge is 2.19. The molecule has 0 aliphatic carbocycles. The van der Waals surface area contributed by atoms with Crippen molar-refractivity contribution in [1.29, 1.82) is 0 Å². The minimum Gasteiger partial charge on any atom is -0.493 e. The second-order valence-electron chi connectivity index (χ2n) is 6.98. The third-order valence-corrected chi connectivity index (χ3v) is 6.29. The van der Waals surface area contributed by atoms with Gasteiger partial charge < -0.3 is 14.0 Å². The zero-order chi connectivity index (χ0) is 20.1. The number of imidazole rings is 1. The van der Waals surface area contributed by atoms with Crippen LogP contribution in [0, 0.1) is 0 Å². The molecule has 1 aliphatic rings. The van der Waals surface area contributed by atoms with Gasteiger partial charge in [0, 0.05) is 32.9 Å². The van der Waals surface area contributed by atoms with Crippen molar-refractivity contribution in [2.75, 3.05) is 33.9 Å². The van der Waals surface area contributed by atoms with Crippen molar-refractivity contribution in [3.8, 4) is 11.5 Å². The van der Waals surface area contributed by atoms with Crippen LogP contribution in [0.5, 0.6) is 11.5 Å². The van der Waals surface area contributed by atoms with Gasteiger partial charge >= 0.3 is 0 Å². The summed E-state index contributed by atoms with van der Waals surface area (Å²) in [7, 11) is 1.53. The molecule has 0 saturated heterocycles. The van der Waals surface area contributed by atoms with Crippen molar-refractivity contribution in [3.63, 3.8) is 0 Å². The Bertz CT molecular complexity index is 911. The summed E-state index contributed by atoms with van der Waals surface area (Å²) >= 11 is 0. The normalized spacial score (nSPS) is 14.7. The number of methoxy groups -OCH3 is 2. The van der Waals surface area contributed by atoms with Crippen molar-refractivity contribution >= 4 is 10.0 Å². The van der Waals surface area contributed by atoms with E-state index in [0.29, 0.717) is 6.54 Å². The smallest absolute Gasteiger partial charge is 0.259 e. The van der Waals surface area contributed by atoms with Crippen LogP contribution < -0.4 is 14.2 Å². The number of sulfonamides is 1. The van der Waals surface area contributed by atoms with Crippen LogP contribution in [0.2, 0.25) is 0 Å². The molecule has 3 rings (SSSR count). The molecule has 1 aromatic carbocycles. The highest BCUT2D eigenvalue weighted by Crippen LogP contribution is 2.33. The van der Waals surface area contributed by atoms with Crippen molar-refractivity contribution in [1.82, 2.24) is 19.2 Å². The number of nitrogens with one attached hydrogen (secondary N) is 1. The fraction of sp³-hybridized carbons (Fsp3) is 0.526. The number of unbranched alkanes of at least 4 members (excludes halogenated alkanes) is 1. The van der Waals surface area contributed by atoms with Crippen LogP contribution in [0.15, 0.2) is 29.7 Å². The second kappa shape index (κ2) is 8.93. The molecule has 1 aliphatic heterocycles. The summed E-state index contributed by atoms with van der Waals surface area (Å²) < 4.78 is 39.3. The fourth-order valence-corrected chi connectivity index (χ4v) is 4.45. The molecule has 0 unspecified atom stereocenters. The first-order valence-corrected chi connectivity index (χ1v) is 10.8. The predicted octanol–water partition coefficient (Wildman–Crippen LogP) is 1.55. The van der Waals surface area contributed by atoms with E-state index in [-0.39, 0.29) is 5.03 Å². The van der Waals surface area contributed by atoms with Crippen LogP contribution in [0.1, 0.15) is 24.0 Å². The first-order chi connectivity index (χ1) is 13.4. The van der Waals surface area contributed by atoms with Crippen molar-refractivity contribution < 1.29 is 17.9 Å². The maximum absolute atomic E-state index is 12.1. The average molecular weight is 409 g/mol. The number of hydrogen-bond acceptors (Lipinski definition) is 6. The molecule has 1 N–H and O–H groups in total. The van der Waals surface area contributed by atoms with Crippen LogP contribution in [-0.4, -0.2) is 56.7 Å². The lowest BCUT2D eigenvalue weighted by Crippen LogP contribution is -2.32. The zero-order valence-electron chi connectivity index (χ0n) is 16.6. The minimum absolute atomic E-state index is 0.0620. The first kappa shape index (κ1) is 20.6. The highest BCUT2D eigenvalue weighted by molar-refractivity contribution is 7.89. The van der Waals surface area contributed by atoms with Crippen LogP contribution in [0.3, 0.4) is 0 Å². The average Bonchev–Trinajstić information content (AvgIpc) is 3.13. The molecule has 0 saturated carbocycles. The van der Waals surface area contributed by atoms with Gasteiger partial charge in [-0.05, 0) is 49.1 Å². The number of rotatable bonds is 9. The number of nitrogens with zero attached hydrogens (tertiary/aromatic N) is 3. The second-order valence-corrected chi connectivity index (χ2v) is 8.70. The largest absolute Gasteiger partial charge is 0.493 e. The molecule has 1 aromatic heterocycles. The molecule has 2 heterocycles. The van der Waals surface area contributed by atoms with E-state index >= 15 is 0 Å². The van der Waals surface area contributed by atoms with Gasteiger partial charge in [-0.2, -0.15) is 0 Å². The Hall–Kier alpha value is -2.10. The Balaban J connectivity index is 1.45. The summed E-state index contributed by atoms with van der Waals surface area (Å²) in [6.07, 6.45) is 5.65. The van der Waals surface area contributed by atoms with Gasteiger partial charge in [-0.1, -0.05) is 0 Å². The van der Waals surface area contributed by atoms with E-state index in [1.165, 1.54) is 23.7 Å². The van der Waals surface area contributed by atoms with Gasteiger partial charge in [-0.15, -0.1) is 0 Å².